The van der Waals surface area contributed by atoms with Gasteiger partial charge in [-0.2, -0.15) is 21.6 Å². The average Bonchev–Trinajstić information content (AvgIpc) is 2.54. The number of allylic oxidation sites excluding steroid dienone is 3. The van der Waals surface area contributed by atoms with Crippen LogP contribution in [0.1, 0.15) is 31.2 Å². The topological polar surface area (TPSA) is 52.6 Å². The Kier molecular flexibility index (Phi) is 5.51. The first-order chi connectivity index (χ1) is 11.6. The van der Waals surface area contributed by atoms with E-state index in [9.17, 15) is 21.6 Å². The van der Waals surface area contributed by atoms with Crippen molar-refractivity contribution in [2.24, 2.45) is 0 Å². The van der Waals surface area contributed by atoms with Gasteiger partial charge in [0.25, 0.3) is 0 Å². The van der Waals surface area contributed by atoms with Gasteiger partial charge in [0.1, 0.15) is 11.5 Å². The highest BCUT2D eigenvalue weighted by Gasteiger charge is 2.49. The molecule has 1 unspecified atom stereocenters. The lowest BCUT2D eigenvalue weighted by Crippen LogP contribution is -2.30. The van der Waals surface area contributed by atoms with Gasteiger partial charge in [0, 0.05) is 11.8 Å². The van der Waals surface area contributed by atoms with Gasteiger partial charge >= 0.3 is 15.6 Å². The number of benzene rings is 1. The molecule has 0 saturated carbocycles. The lowest BCUT2D eigenvalue weighted by atomic mass is 9.71. The normalized spacial score (nSPS) is 21.4. The van der Waals surface area contributed by atoms with E-state index >= 15 is 0 Å². The van der Waals surface area contributed by atoms with Gasteiger partial charge in [0.15, 0.2) is 0 Å². The van der Waals surface area contributed by atoms with Gasteiger partial charge in [-0.15, -0.1) is 6.58 Å². The summed E-state index contributed by atoms with van der Waals surface area (Å²) in [5, 5.41) is 0. The molecule has 1 aliphatic carbocycles. The Balaban J connectivity index is 2.45. The molecule has 138 valence electrons. The smallest absolute Gasteiger partial charge is 0.497 e. The van der Waals surface area contributed by atoms with Crippen molar-refractivity contribution < 1.29 is 30.5 Å². The van der Waals surface area contributed by atoms with E-state index in [1.165, 1.54) is 13.2 Å². The number of ether oxygens (including phenoxy) is 1. The first-order valence-electron chi connectivity index (χ1n) is 7.61. The Bertz CT molecular complexity index is 768. The maximum Gasteiger partial charge on any atom is 0.534 e. The van der Waals surface area contributed by atoms with E-state index in [2.05, 4.69) is 10.8 Å². The van der Waals surface area contributed by atoms with Crippen LogP contribution in [0.25, 0.3) is 0 Å². The molecule has 0 spiro atoms. The van der Waals surface area contributed by atoms with Crippen molar-refractivity contribution in [2.75, 3.05) is 7.11 Å². The molecule has 0 N–H and O–H groups in total. The summed E-state index contributed by atoms with van der Waals surface area (Å²) in [6.07, 6.45) is 4.79. The highest BCUT2D eigenvalue weighted by atomic mass is 32.2. The van der Waals surface area contributed by atoms with Crippen molar-refractivity contribution in [3.8, 4) is 5.75 Å². The summed E-state index contributed by atoms with van der Waals surface area (Å²) in [4.78, 5) is 0. The Morgan fingerprint density at radius 2 is 2.08 bits per heavy atom. The molecule has 25 heavy (non-hydrogen) atoms. The van der Waals surface area contributed by atoms with Crippen molar-refractivity contribution in [2.45, 2.75) is 36.6 Å². The summed E-state index contributed by atoms with van der Waals surface area (Å²) in [6, 6.07) is 7.13. The standard InChI is InChI=1S/C17H19F3O4S/c1-3-9-16(13-6-4-7-14(11-13)23-2)10-5-8-15(12-16)24-25(21,22)17(18,19)20/h3-4,6-7,11-12H,1,5,8-10H2,2H3. The van der Waals surface area contributed by atoms with Crippen LogP contribution in [0.4, 0.5) is 13.2 Å². The van der Waals surface area contributed by atoms with E-state index in [0.717, 1.165) is 5.56 Å². The van der Waals surface area contributed by atoms with E-state index in [1.807, 2.05) is 6.07 Å². The van der Waals surface area contributed by atoms with Crippen LogP contribution in [0.15, 0.2) is 48.8 Å². The molecular weight excluding hydrogens is 357 g/mol. The second-order valence-electron chi connectivity index (χ2n) is 5.83. The molecule has 0 aromatic heterocycles. The van der Waals surface area contributed by atoms with Gasteiger partial charge in [-0.05, 0) is 43.0 Å². The van der Waals surface area contributed by atoms with Crippen LogP contribution in [-0.4, -0.2) is 21.0 Å². The Morgan fingerprint density at radius 3 is 2.68 bits per heavy atom. The summed E-state index contributed by atoms with van der Waals surface area (Å²) >= 11 is 0. The zero-order chi connectivity index (χ0) is 18.7. The monoisotopic (exact) mass is 376 g/mol. The fraction of sp³-hybridized carbons (Fsp3) is 0.412. The second kappa shape index (κ2) is 7.11. The molecule has 4 nitrogen and oxygen atoms in total. The van der Waals surface area contributed by atoms with Crippen molar-refractivity contribution in [1.29, 1.82) is 0 Å². The molecule has 2 rings (SSSR count). The molecule has 0 heterocycles. The molecule has 1 aromatic carbocycles. The predicted molar refractivity (Wildman–Crippen MR) is 87.5 cm³/mol. The van der Waals surface area contributed by atoms with Crippen LogP contribution >= 0.6 is 0 Å². The highest BCUT2D eigenvalue weighted by Crippen LogP contribution is 2.43. The Labute approximate surface area is 145 Å². The van der Waals surface area contributed by atoms with Crippen molar-refractivity contribution >= 4 is 10.1 Å². The molecular formula is C17H19F3O4S. The van der Waals surface area contributed by atoms with Crippen LogP contribution in [0.2, 0.25) is 0 Å². The van der Waals surface area contributed by atoms with E-state index in [1.54, 1.807) is 24.3 Å². The molecule has 0 bridgehead atoms. The average molecular weight is 376 g/mol. The quantitative estimate of drug-likeness (QED) is 0.418. The van der Waals surface area contributed by atoms with Crippen LogP contribution in [0, 0.1) is 0 Å². The van der Waals surface area contributed by atoms with Crippen molar-refractivity contribution in [3.05, 3.63) is 54.3 Å². The number of halogens is 3. The van der Waals surface area contributed by atoms with Crippen molar-refractivity contribution in [1.82, 2.24) is 0 Å². The van der Waals surface area contributed by atoms with E-state index in [0.29, 0.717) is 25.0 Å². The highest BCUT2D eigenvalue weighted by molar-refractivity contribution is 7.87. The molecule has 1 aliphatic rings. The number of alkyl halides is 3. The maximum atomic E-state index is 12.6. The summed E-state index contributed by atoms with van der Waals surface area (Å²) < 4.78 is 69.9. The predicted octanol–water partition coefficient (Wildman–Crippen LogP) is 4.44. The molecule has 0 amide bonds. The summed E-state index contributed by atoms with van der Waals surface area (Å²) in [5.74, 6) is 0.401. The number of methoxy groups -OCH3 is 1. The third-order valence-corrected chi connectivity index (χ3v) is 5.14. The molecule has 0 fully saturated rings. The van der Waals surface area contributed by atoms with Gasteiger partial charge in [0.05, 0.1) is 7.11 Å². The first-order valence-corrected chi connectivity index (χ1v) is 9.02. The first kappa shape index (κ1) is 19.4. The molecule has 1 aromatic rings. The number of hydrogen-bond donors (Lipinski definition) is 0. The number of rotatable bonds is 6. The van der Waals surface area contributed by atoms with Gasteiger partial charge in [-0.3, -0.25) is 0 Å². The summed E-state index contributed by atoms with van der Waals surface area (Å²) in [7, 11) is -4.16. The molecule has 8 heteroatoms. The van der Waals surface area contributed by atoms with Crippen LogP contribution in [0.3, 0.4) is 0 Å². The minimum Gasteiger partial charge on any atom is -0.497 e. The third kappa shape index (κ3) is 4.18. The zero-order valence-corrected chi connectivity index (χ0v) is 14.5. The van der Waals surface area contributed by atoms with Gasteiger partial charge in [-0.1, -0.05) is 18.2 Å². The Hall–Kier alpha value is -1.96. The Morgan fingerprint density at radius 1 is 1.36 bits per heavy atom. The van der Waals surface area contributed by atoms with E-state index in [4.69, 9.17) is 4.74 Å². The fourth-order valence-corrected chi connectivity index (χ4v) is 3.49. The molecule has 0 aliphatic heterocycles. The second-order valence-corrected chi connectivity index (χ2v) is 7.37. The lowest BCUT2D eigenvalue weighted by Gasteiger charge is -2.35. The molecule has 0 saturated heterocycles. The third-order valence-electron chi connectivity index (χ3n) is 4.14. The van der Waals surface area contributed by atoms with Gasteiger partial charge in [0.2, 0.25) is 0 Å². The fourth-order valence-electron chi connectivity index (χ4n) is 2.98. The van der Waals surface area contributed by atoms with Crippen molar-refractivity contribution in [3.63, 3.8) is 0 Å². The van der Waals surface area contributed by atoms with Gasteiger partial charge < -0.3 is 8.92 Å². The molecule has 0 radical (unpaired) electrons. The van der Waals surface area contributed by atoms with Crippen LogP contribution in [-0.2, 0) is 19.7 Å². The largest absolute Gasteiger partial charge is 0.534 e. The van der Waals surface area contributed by atoms with Gasteiger partial charge in [-0.25, -0.2) is 0 Å². The van der Waals surface area contributed by atoms with Crippen LogP contribution < -0.4 is 4.74 Å². The minimum atomic E-state index is -5.68. The zero-order valence-electron chi connectivity index (χ0n) is 13.7. The number of hydrogen-bond acceptors (Lipinski definition) is 4. The summed E-state index contributed by atoms with van der Waals surface area (Å²) in [6.45, 7) is 3.71. The van der Waals surface area contributed by atoms with Crippen LogP contribution in [0.5, 0.6) is 5.75 Å². The van der Waals surface area contributed by atoms with E-state index in [-0.39, 0.29) is 12.2 Å². The van der Waals surface area contributed by atoms with E-state index < -0.39 is 21.0 Å². The summed E-state index contributed by atoms with van der Waals surface area (Å²) in [5.41, 5.74) is -5.34. The molecule has 1 atom stereocenters. The maximum absolute atomic E-state index is 12.6. The SMILES string of the molecule is C=CCC1(c2cccc(OC)c2)C=C(OS(=O)(=O)C(F)(F)F)CCC1. The lowest BCUT2D eigenvalue weighted by molar-refractivity contribution is -0.0524. The minimum absolute atomic E-state index is 0.123.